The summed E-state index contributed by atoms with van der Waals surface area (Å²) in [5.41, 5.74) is 2.08. The standard InChI is InChI=1S/C16H16N4/c1-2-7-14(8-3-1)17-10-11-18-16-19-12-13-6-4-5-9-15(13)20-16/h1-9,12,17H,10-11H2,(H,18,19,20). The quantitative estimate of drug-likeness (QED) is 0.695. The van der Waals surface area contributed by atoms with Crippen molar-refractivity contribution in [2.24, 2.45) is 0 Å². The first-order chi connectivity index (χ1) is 9.92. The SMILES string of the molecule is c1ccc(NCCNc2ncc3ccccc3n2)cc1. The van der Waals surface area contributed by atoms with Gasteiger partial charge < -0.3 is 10.6 Å². The van der Waals surface area contributed by atoms with Gasteiger partial charge in [0.15, 0.2) is 0 Å². The maximum Gasteiger partial charge on any atom is 0.223 e. The first kappa shape index (κ1) is 12.4. The minimum atomic E-state index is 0.665. The summed E-state index contributed by atoms with van der Waals surface area (Å²) in [6.45, 7) is 1.59. The number of rotatable bonds is 5. The van der Waals surface area contributed by atoms with Crippen molar-refractivity contribution in [2.45, 2.75) is 0 Å². The van der Waals surface area contributed by atoms with Crippen LogP contribution in [0.2, 0.25) is 0 Å². The van der Waals surface area contributed by atoms with Gasteiger partial charge in [0, 0.05) is 30.4 Å². The molecule has 3 aromatic rings. The third-order valence-corrected chi connectivity index (χ3v) is 3.00. The Balaban J connectivity index is 1.55. The van der Waals surface area contributed by atoms with Gasteiger partial charge in [-0.15, -0.1) is 0 Å². The van der Waals surface area contributed by atoms with E-state index < -0.39 is 0 Å². The number of hydrogen-bond acceptors (Lipinski definition) is 4. The number of fused-ring (bicyclic) bond motifs is 1. The lowest BCUT2D eigenvalue weighted by atomic mass is 10.2. The molecule has 0 bridgehead atoms. The summed E-state index contributed by atoms with van der Waals surface area (Å²) in [6.07, 6.45) is 1.84. The van der Waals surface area contributed by atoms with Gasteiger partial charge >= 0.3 is 0 Å². The predicted molar refractivity (Wildman–Crippen MR) is 83.0 cm³/mol. The summed E-state index contributed by atoms with van der Waals surface area (Å²) >= 11 is 0. The van der Waals surface area contributed by atoms with Crippen LogP contribution in [0.25, 0.3) is 10.9 Å². The van der Waals surface area contributed by atoms with E-state index in [0.29, 0.717) is 5.95 Å². The Morgan fingerprint density at radius 2 is 1.55 bits per heavy atom. The number of anilines is 2. The monoisotopic (exact) mass is 264 g/mol. The van der Waals surface area contributed by atoms with Crippen molar-refractivity contribution in [1.82, 2.24) is 9.97 Å². The molecule has 0 radical (unpaired) electrons. The lowest BCUT2D eigenvalue weighted by molar-refractivity contribution is 1.04. The molecule has 0 saturated heterocycles. The summed E-state index contributed by atoms with van der Waals surface area (Å²) in [6, 6.07) is 18.1. The molecule has 4 nitrogen and oxygen atoms in total. The largest absolute Gasteiger partial charge is 0.383 e. The van der Waals surface area contributed by atoms with E-state index in [9.17, 15) is 0 Å². The number of hydrogen-bond donors (Lipinski definition) is 2. The van der Waals surface area contributed by atoms with Gasteiger partial charge in [-0.1, -0.05) is 36.4 Å². The van der Waals surface area contributed by atoms with Crippen LogP contribution in [0.3, 0.4) is 0 Å². The fourth-order valence-electron chi connectivity index (χ4n) is 1.99. The Kier molecular flexibility index (Phi) is 3.73. The van der Waals surface area contributed by atoms with Crippen LogP contribution in [0.1, 0.15) is 0 Å². The van der Waals surface area contributed by atoms with E-state index in [2.05, 4.69) is 20.6 Å². The second-order valence-electron chi connectivity index (χ2n) is 4.47. The van der Waals surface area contributed by atoms with Crippen molar-refractivity contribution < 1.29 is 0 Å². The Hall–Kier alpha value is -2.62. The number of benzene rings is 2. The molecule has 2 N–H and O–H groups in total. The molecule has 0 atom stereocenters. The van der Waals surface area contributed by atoms with Crippen molar-refractivity contribution in [3.63, 3.8) is 0 Å². The van der Waals surface area contributed by atoms with E-state index in [1.165, 1.54) is 0 Å². The second kappa shape index (κ2) is 6.02. The van der Waals surface area contributed by atoms with E-state index in [-0.39, 0.29) is 0 Å². The molecule has 4 heteroatoms. The van der Waals surface area contributed by atoms with Crippen LogP contribution >= 0.6 is 0 Å². The smallest absolute Gasteiger partial charge is 0.223 e. The lowest BCUT2D eigenvalue weighted by Gasteiger charge is -2.08. The maximum absolute atomic E-state index is 4.47. The van der Waals surface area contributed by atoms with Gasteiger partial charge in [0.2, 0.25) is 5.95 Å². The summed E-state index contributed by atoms with van der Waals surface area (Å²) in [5.74, 6) is 0.665. The normalized spacial score (nSPS) is 10.4. The molecule has 20 heavy (non-hydrogen) atoms. The molecule has 0 fully saturated rings. The van der Waals surface area contributed by atoms with Gasteiger partial charge in [-0.05, 0) is 18.2 Å². The molecule has 1 heterocycles. The van der Waals surface area contributed by atoms with Crippen LogP contribution in [0.15, 0.2) is 60.8 Å². The van der Waals surface area contributed by atoms with Crippen molar-refractivity contribution in [1.29, 1.82) is 0 Å². The fraction of sp³-hybridized carbons (Fsp3) is 0.125. The highest BCUT2D eigenvalue weighted by atomic mass is 15.1. The molecule has 0 amide bonds. The summed E-state index contributed by atoms with van der Waals surface area (Å²) < 4.78 is 0. The zero-order valence-corrected chi connectivity index (χ0v) is 11.1. The fourth-order valence-corrected chi connectivity index (χ4v) is 1.99. The van der Waals surface area contributed by atoms with Gasteiger partial charge in [-0.2, -0.15) is 0 Å². The molecular weight excluding hydrogens is 248 g/mol. The van der Waals surface area contributed by atoms with Crippen molar-refractivity contribution in [3.05, 3.63) is 60.8 Å². The summed E-state index contributed by atoms with van der Waals surface area (Å²) in [5, 5.41) is 7.61. The third-order valence-electron chi connectivity index (χ3n) is 3.00. The Morgan fingerprint density at radius 3 is 2.45 bits per heavy atom. The molecule has 0 saturated carbocycles. The number of aromatic nitrogens is 2. The minimum Gasteiger partial charge on any atom is -0.383 e. The number of para-hydroxylation sites is 2. The van der Waals surface area contributed by atoms with Crippen molar-refractivity contribution in [3.8, 4) is 0 Å². The van der Waals surface area contributed by atoms with E-state index in [1.54, 1.807) is 0 Å². The molecule has 0 spiro atoms. The Morgan fingerprint density at radius 1 is 0.800 bits per heavy atom. The van der Waals surface area contributed by atoms with E-state index in [0.717, 1.165) is 29.7 Å². The zero-order valence-electron chi connectivity index (χ0n) is 11.1. The molecule has 2 aromatic carbocycles. The van der Waals surface area contributed by atoms with Crippen LogP contribution in [0.5, 0.6) is 0 Å². The minimum absolute atomic E-state index is 0.665. The van der Waals surface area contributed by atoms with Crippen LogP contribution < -0.4 is 10.6 Å². The number of nitrogens with zero attached hydrogens (tertiary/aromatic N) is 2. The first-order valence-electron chi connectivity index (χ1n) is 6.66. The molecule has 0 aliphatic heterocycles. The molecule has 100 valence electrons. The van der Waals surface area contributed by atoms with E-state index in [1.807, 2.05) is 60.8 Å². The zero-order chi connectivity index (χ0) is 13.6. The van der Waals surface area contributed by atoms with Crippen LogP contribution in [0.4, 0.5) is 11.6 Å². The third kappa shape index (κ3) is 3.03. The van der Waals surface area contributed by atoms with Gasteiger partial charge in [0.25, 0.3) is 0 Å². The molecular formula is C16H16N4. The Labute approximate surface area is 117 Å². The van der Waals surface area contributed by atoms with E-state index >= 15 is 0 Å². The second-order valence-corrected chi connectivity index (χ2v) is 4.47. The summed E-state index contributed by atoms with van der Waals surface area (Å²) in [4.78, 5) is 8.77. The van der Waals surface area contributed by atoms with Gasteiger partial charge in [0.05, 0.1) is 5.52 Å². The Bertz CT molecular complexity index is 682. The van der Waals surface area contributed by atoms with Crippen LogP contribution in [-0.2, 0) is 0 Å². The molecule has 1 aromatic heterocycles. The van der Waals surface area contributed by atoms with Crippen LogP contribution in [-0.4, -0.2) is 23.1 Å². The van der Waals surface area contributed by atoms with Crippen molar-refractivity contribution >= 4 is 22.5 Å². The van der Waals surface area contributed by atoms with Crippen LogP contribution in [0, 0.1) is 0 Å². The average molecular weight is 264 g/mol. The molecule has 3 rings (SSSR count). The molecule has 0 aliphatic carbocycles. The summed E-state index contributed by atoms with van der Waals surface area (Å²) in [7, 11) is 0. The lowest BCUT2D eigenvalue weighted by Crippen LogP contribution is -2.15. The maximum atomic E-state index is 4.47. The van der Waals surface area contributed by atoms with E-state index in [4.69, 9.17) is 0 Å². The predicted octanol–water partition coefficient (Wildman–Crippen LogP) is 3.15. The van der Waals surface area contributed by atoms with Gasteiger partial charge in [0.1, 0.15) is 0 Å². The number of nitrogens with one attached hydrogen (secondary N) is 2. The highest BCUT2D eigenvalue weighted by Gasteiger charge is 1.98. The highest BCUT2D eigenvalue weighted by Crippen LogP contribution is 2.11. The van der Waals surface area contributed by atoms with Crippen molar-refractivity contribution in [2.75, 3.05) is 23.7 Å². The average Bonchev–Trinajstić information content (AvgIpc) is 2.52. The molecule has 0 unspecified atom stereocenters. The molecule has 0 aliphatic rings. The highest BCUT2D eigenvalue weighted by molar-refractivity contribution is 5.78. The first-order valence-corrected chi connectivity index (χ1v) is 6.66. The van der Waals surface area contributed by atoms with Gasteiger partial charge in [-0.3, -0.25) is 0 Å². The van der Waals surface area contributed by atoms with Gasteiger partial charge in [-0.25, -0.2) is 9.97 Å². The topological polar surface area (TPSA) is 49.8 Å².